The van der Waals surface area contributed by atoms with E-state index < -0.39 is 0 Å². The molecule has 0 bridgehead atoms. The highest BCUT2D eigenvalue weighted by molar-refractivity contribution is 7.18. The Morgan fingerprint density at radius 1 is 1.33 bits per heavy atom. The van der Waals surface area contributed by atoms with Crippen molar-refractivity contribution in [1.82, 2.24) is 15.2 Å². The maximum absolute atomic E-state index is 12.4. The van der Waals surface area contributed by atoms with E-state index in [0.29, 0.717) is 30.8 Å². The van der Waals surface area contributed by atoms with Crippen LogP contribution in [0.2, 0.25) is 0 Å². The lowest BCUT2D eigenvalue weighted by Gasteiger charge is -2.43. The van der Waals surface area contributed by atoms with E-state index in [0.717, 1.165) is 36.5 Å². The molecule has 2 aliphatic rings. The smallest absolute Gasteiger partial charge is 0.223 e. The number of rotatable bonds is 2. The fourth-order valence-electron chi connectivity index (χ4n) is 3.59. The number of amides is 1. The molecular formula is C16H19N3OS. The van der Waals surface area contributed by atoms with Crippen molar-refractivity contribution >= 4 is 27.5 Å². The van der Waals surface area contributed by atoms with Gasteiger partial charge in [0.1, 0.15) is 5.01 Å². The van der Waals surface area contributed by atoms with Gasteiger partial charge < -0.3 is 10.2 Å². The normalized spacial score (nSPS) is 26.1. The third-order valence-corrected chi connectivity index (χ3v) is 5.68. The summed E-state index contributed by atoms with van der Waals surface area (Å²) in [5, 5.41) is 4.51. The summed E-state index contributed by atoms with van der Waals surface area (Å²) in [5.74, 6) is 0.920. The molecule has 4 nitrogen and oxygen atoms in total. The maximum atomic E-state index is 12.4. The van der Waals surface area contributed by atoms with Crippen molar-refractivity contribution in [3.8, 4) is 0 Å². The fourth-order valence-corrected chi connectivity index (χ4v) is 4.56. The maximum Gasteiger partial charge on any atom is 0.223 e. The molecule has 3 heterocycles. The number of piperidine rings is 2. The molecule has 0 spiro atoms. The molecule has 0 radical (unpaired) electrons. The van der Waals surface area contributed by atoms with E-state index >= 15 is 0 Å². The van der Waals surface area contributed by atoms with E-state index in [1.54, 1.807) is 11.3 Å². The topological polar surface area (TPSA) is 45.2 Å². The van der Waals surface area contributed by atoms with E-state index in [-0.39, 0.29) is 0 Å². The fraction of sp³-hybridized carbons (Fsp3) is 0.500. The third kappa shape index (κ3) is 2.45. The van der Waals surface area contributed by atoms with Gasteiger partial charge in [0, 0.05) is 12.5 Å². The molecule has 4 rings (SSSR count). The van der Waals surface area contributed by atoms with Crippen LogP contribution in [0.25, 0.3) is 10.2 Å². The molecule has 2 atom stereocenters. The van der Waals surface area contributed by atoms with Crippen molar-refractivity contribution in [2.45, 2.75) is 31.8 Å². The van der Waals surface area contributed by atoms with Crippen LogP contribution in [-0.2, 0) is 11.3 Å². The predicted octanol–water partition coefficient (Wildman–Crippen LogP) is 2.40. The Morgan fingerprint density at radius 3 is 3.14 bits per heavy atom. The minimum atomic E-state index is 0.303. The second-order valence-corrected chi connectivity index (χ2v) is 7.07. The molecule has 21 heavy (non-hydrogen) atoms. The van der Waals surface area contributed by atoms with E-state index in [2.05, 4.69) is 21.3 Å². The molecule has 1 amide bonds. The average molecular weight is 301 g/mol. The molecule has 2 unspecified atom stereocenters. The van der Waals surface area contributed by atoms with Gasteiger partial charge in [0.05, 0.1) is 16.8 Å². The SMILES string of the molecule is O=C1CCC2CNCCC2N1Cc1nc2ccccc2s1. The average Bonchev–Trinajstić information content (AvgIpc) is 2.92. The lowest BCUT2D eigenvalue weighted by Crippen LogP contribution is -2.54. The van der Waals surface area contributed by atoms with Crippen LogP contribution in [0.1, 0.15) is 24.3 Å². The number of benzene rings is 1. The van der Waals surface area contributed by atoms with Crippen molar-refractivity contribution in [3.63, 3.8) is 0 Å². The summed E-state index contributed by atoms with van der Waals surface area (Å²) in [4.78, 5) is 19.1. The Morgan fingerprint density at radius 2 is 2.24 bits per heavy atom. The Kier molecular flexibility index (Phi) is 3.39. The Hall–Kier alpha value is -1.46. The first-order chi connectivity index (χ1) is 10.3. The molecule has 0 aliphatic carbocycles. The van der Waals surface area contributed by atoms with E-state index in [4.69, 9.17) is 0 Å². The van der Waals surface area contributed by atoms with Crippen LogP contribution in [0, 0.1) is 5.92 Å². The van der Waals surface area contributed by atoms with Crippen molar-refractivity contribution in [1.29, 1.82) is 0 Å². The summed E-state index contributed by atoms with van der Waals surface area (Å²) in [7, 11) is 0. The van der Waals surface area contributed by atoms with Crippen LogP contribution < -0.4 is 5.32 Å². The molecule has 2 aliphatic heterocycles. The minimum absolute atomic E-state index is 0.303. The third-order valence-electron chi connectivity index (χ3n) is 4.66. The number of thiazole rings is 1. The lowest BCUT2D eigenvalue weighted by atomic mass is 9.84. The second kappa shape index (κ2) is 5.39. The number of carbonyl (C=O) groups excluding carboxylic acids is 1. The summed E-state index contributed by atoms with van der Waals surface area (Å²) in [6.07, 6.45) is 2.79. The Labute approximate surface area is 128 Å². The molecule has 0 saturated carbocycles. The molecule has 2 saturated heterocycles. The van der Waals surface area contributed by atoms with Crippen LogP contribution in [0.15, 0.2) is 24.3 Å². The van der Waals surface area contributed by atoms with Gasteiger partial charge in [0.15, 0.2) is 0 Å². The largest absolute Gasteiger partial charge is 0.333 e. The molecule has 5 heteroatoms. The minimum Gasteiger partial charge on any atom is -0.333 e. The number of para-hydroxylation sites is 1. The van der Waals surface area contributed by atoms with Crippen LogP contribution in [-0.4, -0.2) is 34.9 Å². The van der Waals surface area contributed by atoms with Crippen molar-refractivity contribution in [2.24, 2.45) is 5.92 Å². The molecule has 1 aromatic carbocycles. The van der Waals surface area contributed by atoms with Gasteiger partial charge in [-0.05, 0) is 44.0 Å². The Balaban J connectivity index is 1.60. The van der Waals surface area contributed by atoms with Crippen LogP contribution in [0.5, 0.6) is 0 Å². The summed E-state index contributed by atoms with van der Waals surface area (Å²) in [6, 6.07) is 8.60. The summed E-state index contributed by atoms with van der Waals surface area (Å²) in [5.41, 5.74) is 1.05. The van der Waals surface area contributed by atoms with E-state index in [9.17, 15) is 4.79 Å². The quantitative estimate of drug-likeness (QED) is 0.926. The van der Waals surface area contributed by atoms with Gasteiger partial charge in [-0.1, -0.05) is 12.1 Å². The summed E-state index contributed by atoms with van der Waals surface area (Å²) in [6.45, 7) is 2.75. The number of fused-ring (bicyclic) bond motifs is 2. The van der Waals surface area contributed by atoms with Crippen LogP contribution in [0.4, 0.5) is 0 Å². The van der Waals surface area contributed by atoms with Gasteiger partial charge in [0.2, 0.25) is 5.91 Å². The van der Waals surface area contributed by atoms with E-state index in [1.807, 2.05) is 18.2 Å². The van der Waals surface area contributed by atoms with Gasteiger partial charge in [-0.25, -0.2) is 4.98 Å². The van der Waals surface area contributed by atoms with Gasteiger partial charge in [-0.3, -0.25) is 4.79 Å². The number of nitrogens with zero attached hydrogens (tertiary/aromatic N) is 2. The molecule has 110 valence electrons. The van der Waals surface area contributed by atoms with Crippen LogP contribution in [0.3, 0.4) is 0 Å². The number of carbonyl (C=O) groups is 1. The highest BCUT2D eigenvalue weighted by Gasteiger charge is 2.37. The van der Waals surface area contributed by atoms with Crippen molar-refractivity contribution in [2.75, 3.05) is 13.1 Å². The zero-order chi connectivity index (χ0) is 14.2. The first-order valence-electron chi connectivity index (χ1n) is 7.66. The molecular weight excluding hydrogens is 282 g/mol. The zero-order valence-corrected chi connectivity index (χ0v) is 12.7. The van der Waals surface area contributed by atoms with Gasteiger partial charge in [0.25, 0.3) is 0 Å². The van der Waals surface area contributed by atoms with Gasteiger partial charge in [-0.2, -0.15) is 0 Å². The molecule has 2 fully saturated rings. The first kappa shape index (κ1) is 13.2. The Bertz CT molecular complexity index is 635. The van der Waals surface area contributed by atoms with Crippen molar-refractivity contribution < 1.29 is 4.79 Å². The lowest BCUT2D eigenvalue weighted by molar-refractivity contribution is -0.140. The molecule has 2 aromatic rings. The zero-order valence-electron chi connectivity index (χ0n) is 11.9. The summed E-state index contributed by atoms with van der Waals surface area (Å²) >= 11 is 1.71. The molecule has 1 N–H and O–H groups in total. The van der Waals surface area contributed by atoms with Crippen LogP contribution >= 0.6 is 11.3 Å². The number of aromatic nitrogens is 1. The van der Waals surface area contributed by atoms with E-state index in [1.165, 1.54) is 4.70 Å². The first-order valence-corrected chi connectivity index (χ1v) is 8.47. The predicted molar refractivity (Wildman–Crippen MR) is 84.2 cm³/mol. The number of likely N-dealkylation sites (tertiary alicyclic amines) is 1. The monoisotopic (exact) mass is 301 g/mol. The number of hydrogen-bond donors (Lipinski definition) is 1. The van der Waals surface area contributed by atoms with Gasteiger partial charge >= 0.3 is 0 Å². The second-order valence-electron chi connectivity index (χ2n) is 5.96. The number of hydrogen-bond acceptors (Lipinski definition) is 4. The molecule has 1 aromatic heterocycles. The highest BCUT2D eigenvalue weighted by Crippen LogP contribution is 2.31. The highest BCUT2D eigenvalue weighted by atomic mass is 32.1. The standard InChI is InChI=1S/C16H19N3OS/c20-16-6-5-11-9-17-8-7-13(11)19(16)10-15-18-12-3-1-2-4-14(12)21-15/h1-4,11,13,17H,5-10H2. The number of nitrogens with one attached hydrogen (secondary N) is 1. The summed E-state index contributed by atoms with van der Waals surface area (Å²) < 4.78 is 1.21. The van der Waals surface area contributed by atoms with Crippen molar-refractivity contribution in [3.05, 3.63) is 29.3 Å². The van der Waals surface area contributed by atoms with Gasteiger partial charge in [-0.15, -0.1) is 11.3 Å².